The van der Waals surface area contributed by atoms with Crippen molar-refractivity contribution in [1.82, 2.24) is 5.32 Å². The second kappa shape index (κ2) is 6.38. The molecule has 2 nitrogen and oxygen atoms in total. The molecule has 1 aliphatic carbocycles. The lowest BCUT2D eigenvalue weighted by Crippen LogP contribution is -2.30. The molecule has 1 aromatic carbocycles. The van der Waals surface area contributed by atoms with E-state index in [0.717, 1.165) is 25.3 Å². The van der Waals surface area contributed by atoms with Gasteiger partial charge < -0.3 is 5.32 Å². The number of nitrogens with one attached hydrogen (secondary N) is 1. The number of hydrogen-bond acceptors (Lipinski definition) is 1. The molecular formula is C15H17BrF3NO. The molecule has 1 aliphatic rings. The van der Waals surface area contributed by atoms with E-state index in [0.29, 0.717) is 18.4 Å². The average molecular weight is 364 g/mol. The second-order valence-electron chi connectivity index (χ2n) is 5.57. The van der Waals surface area contributed by atoms with E-state index in [1.165, 1.54) is 12.1 Å². The Morgan fingerprint density at radius 2 is 2.10 bits per heavy atom. The molecule has 0 aromatic heterocycles. The molecule has 2 rings (SSSR count). The fourth-order valence-electron chi connectivity index (χ4n) is 2.74. The van der Waals surface area contributed by atoms with E-state index in [1.807, 2.05) is 0 Å². The molecule has 0 heterocycles. The Balaban J connectivity index is 2.06. The molecule has 0 aliphatic heterocycles. The summed E-state index contributed by atoms with van der Waals surface area (Å²) in [6.07, 6.45) is -1.11. The largest absolute Gasteiger partial charge is 0.417 e. The summed E-state index contributed by atoms with van der Waals surface area (Å²) in [4.78, 5) is 12.0. The van der Waals surface area contributed by atoms with Crippen molar-refractivity contribution in [2.24, 2.45) is 11.8 Å². The van der Waals surface area contributed by atoms with E-state index < -0.39 is 17.6 Å². The summed E-state index contributed by atoms with van der Waals surface area (Å²) in [5, 5.41) is 2.75. The van der Waals surface area contributed by atoms with Crippen LogP contribution in [0.3, 0.4) is 0 Å². The van der Waals surface area contributed by atoms with E-state index in [1.54, 1.807) is 0 Å². The molecule has 0 spiro atoms. The van der Waals surface area contributed by atoms with Gasteiger partial charge in [-0.1, -0.05) is 35.7 Å². The van der Waals surface area contributed by atoms with Gasteiger partial charge in [0.2, 0.25) is 0 Å². The summed E-state index contributed by atoms with van der Waals surface area (Å²) in [6, 6.07) is 3.54. The SMILES string of the molecule is CC1CCCC1CNC(=O)c1ccc(Br)c(C(F)(F)F)c1. The highest BCUT2D eigenvalue weighted by atomic mass is 79.9. The molecule has 6 heteroatoms. The van der Waals surface area contributed by atoms with Gasteiger partial charge in [0, 0.05) is 16.6 Å². The number of carbonyl (C=O) groups is 1. The zero-order chi connectivity index (χ0) is 15.6. The topological polar surface area (TPSA) is 29.1 Å². The molecule has 0 saturated heterocycles. The molecule has 1 N–H and O–H groups in total. The first-order chi connectivity index (χ1) is 9.79. The Morgan fingerprint density at radius 3 is 2.67 bits per heavy atom. The summed E-state index contributed by atoms with van der Waals surface area (Å²) < 4.78 is 38.4. The smallest absolute Gasteiger partial charge is 0.352 e. The number of benzene rings is 1. The van der Waals surface area contributed by atoms with Crippen molar-refractivity contribution in [3.63, 3.8) is 0 Å². The van der Waals surface area contributed by atoms with Gasteiger partial charge in [-0.05, 0) is 36.5 Å². The number of carbonyl (C=O) groups excluding carboxylic acids is 1. The fourth-order valence-corrected chi connectivity index (χ4v) is 3.21. The lowest BCUT2D eigenvalue weighted by molar-refractivity contribution is -0.138. The summed E-state index contributed by atoms with van der Waals surface area (Å²) >= 11 is 2.86. The third-order valence-electron chi connectivity index (χ3n) is 4.10. The molecule has 116 valence electrons. The molecule has 1 aromatic rings. The molecule has 21 heavy (non-hydrogen) atoms. The van der Waals surface area contributed by atoms with Crippen LogP contribution in [-0.2, 0) is 6.18 Å². The molecular weight excluding hydrogens is 347 g/mol. The van der Waals surface area contributed by atoms with E-state index >= 15 is 0 Å². The van der Waals surface area contributed by atoms with Crippen LogP contribution in [0.4, 0.5) is 13.2 Å². The van der Waals surface area contributed by atoms with Crippen LogP contribution in [0.1, 0.15) is 42.1 Å². The molecule has 0 radical (unpaired) electrons. The predicted molar refractivity (Wildman–Crippen MR) is 78.0 cm³/mol. The first-order valence-electron chi connectivity index (χ1n) is 6.94. The number of halogens is 4. The molecule has 1 saturated carbocycles. The van der Waals surface area contributed by atoms with Gasteiger partial charge in [0.25, 0.3) is 5.91 Å². The first kappa shape index (κ1) is 16.3. The van der Waals surface area contributed by atoms with Gasteiger partial charge in [-0.15, -0.1) is 0 Å². The van der Waals surface area contributed by atoms with E-state index in [2.05, 4.69) is 28.2 Å². The Morgan fingerprint density at radius 1 is 1.38 bits per heavy atom. The van der Waals surface area contributed by atoms with Crippen molar-refractivity contribution < 1.29 is 18.0 Å². The van der Waals surface area contributed by atoms with Crippen LogP contribution in [-0.4, -0.2) is 12.5 Å². The van der Waals surface area contributed by atoms with Crippen LogP contribution in [0.25, 0.3) is 0 Å². The van der Waals surface area contributed by atoms with Crippen LogP contribution in [0.15, 0.2) is 22.7 Å². The van der Waals surface area contributed by atoms with Crippen LogP contribution >= 0.6 is 15.9 Å². The maximum atomic E-state index is 12.8. The number of hydrogen-bond donors (Lipinski definition) is 1. The quantitative estimate of drug-likeness (QED) is 0.832. The van der Waals surface area contributed by atoms with Crippen molar-refractivity contribution in [3.8, 4) is 0 Å². The van der Waals surface area contributed by atoms with E-state index in [-0.39, 0.29) is 10.0 Å². The monoisotopic (exact) mass is 363 g/mol. The van der Waals surface area contributed by atoms with Crippen LogP contribution in [0, 0.1) is 11.8 Å². The predicted octanol–water partition coefficient (Wildman–Crippen LogP) is 4.63. The zero-order valence-corrected chi connectivity index (χ0v) is 13.2. The molecule has 0 bridgehead atoms. The minimum atomic E-state index is -4.48. The average Bonchev–Trinajstić information content (AvgIpc) is 2.80. The van der Waals surface area contributed by atoms with Crippen LogP contribution in [0.5, 0.6) is 0 Å². The van der Waals surface area contributed by atoms with Gasteiger partial charge in [-0.3, -0.25) is 4.79 Å². The van der Waals surface area contributed by atoms with Crippen LogP contribution < -0.4 is 5.32 Å². The highest BCUT2D eigenvalue weighted by Crippen LogP contribution is 2.35. The molecule has 2 atom stereocenters. The van der Waals surface area contributed by atoms with Crippen molar-refractivity contribution in [3.05, 3.63) is 33.8 Å². The summed E-state index contributed by atoms with van der Waals surface area (Å²) in [7, 11) is 0. The molecule has 1 fully saturated rings. The van der Waals surface area contributed by atoms with Crippen molar-refractivity contribution >= 4 is 21.8 Å². The number of alkyl halides is 3. The molecule has 1 amide bonds. The van der Waals surface area contributed by atoms with Gasteiger partial charge in [-0.25, -0.2) is 0 Å². The maximum absolute atomic E-state index is 12.8. The normalized spacial score (nSPS) is 22.3. The Hall–Kier alpha value is -1.04. The highest BCUT2D eigenvalue weighted by Gasteiger charge is 2.33. The standard InChI is InChI=1S/C15H17BrF3NO/c1-9-3-2-4-11(9)8-20-14(21)10-5-6-13(16)12(7-10)15(17,18)19/h5-7,9,11H,2-4,8H2,1H3,(H,20,21). The summed E-state index contributed by atoms with van der Waals surface area (Å²) in [5.74, 6) is 0.527. The highest BCUT2D eigenvalue weighted by molar-refractivity contribution is 9.10. The third-order valence-corrected chi connectivity index (χ3v) is 4.79. The Labute approximate surface area is 130 Å². The maximum Gasteiger partial charge on any atom is 0.417 e. The second-order valence-corrected chi connectivity index (χ2v) is 6.43. The van der Waals surface area contributed by atoms with Crippen molar-refractivity contribution in [1.29, 1.82) is 0 Å². The van der Waals surface area contributed by atoms with E-state index in [4.69, 9.17) is 0 Å². The summed E-state index contributed by atoms with van der Waals surface area (Å²) in [6.45, 7) is 2.67. The first-order valence-corrected chi connectivity index (χ1v) is 7.73. The lowest BCUT2D eigenvalue weighted by atomic mass is 9.98. The van der Waals surface area contributed by atoms with Gasteiger partial charge in [0.15, 0.2) is 0 Å². The minimum absolute atomic E-state index is 0.0381. The van der Waals surface area contributed by atoms with Gasteiger partial charge in [0.1, 0.15) is 0 Å². The number of amides is 1. The van der Waals surface area contributed by atoms with Crippen molar-refractivity contribution in [2.45, 2.75) is 32.4 Å². The lowest BCUT2D eigenvalue weighted by Gasteiger charge is -2.16. The van der Waals surface area contributed by atoms with Gasteiger partial charge in [0.05, 0.1) is 5.56 Å². The van der Waals surface area contributed by atoms with Crippen molar-refractivity contribution in [2.75, 3.05) is 6.54 Å². The van der Waals surface area contributed by atoms with Gasteiger partial charge in [-0.2, -0.15) is 13.2 Å². The van der Waals surface area contributed by atoms with Crippen LogP contribution in [0.2, 0.25) is 0 Å². The number of rotatable bonds is 3. The summed E-state index contributed by atoms with van der Waals surface area (Å²) in [5.41, 5.74) is -0.791. The fraction of sp³-hybridized carbons (Fsp3) is 0.533. The minimum Gasteiger partial charge on any atom is -0.352 e. The zero-order valence-electron chi connectivity index (χ0n) is 11.6. The molecule has 2 unspecified atom stereocenters. The van der Waals surface area contributed by atoms with E-state index in [9.17, 15) is 18.0 Å². The Bertz CT molecular complexity index is 530. The Kier molecular flexibility index (Phi) is 4.96. The third kappa shape index (κ3) is 3.99. The van der Waals surface area contributed by atoms with Gasteiger partial charge >= 0.3 is 6.18 Å².